The first kappa shape index (κ1) is 18.5. The van der Waals surface area contributed by atoms with Crippen molar-refractivity contribution in [2.75, 3.05) is 0 Å². The normalized spacial score (nSPS) is 12.7. The topological polar surface area (TPSA) is 122 Å². The van der Waals surface area contributed by atoms with Crippen LogP contribution in [-0.4, -0.2) is 5.16 Å². The molecule has 0 aliphatic heterocycles. The molecule has 0 bridgehead atoms. The molecule has 0 fully saturated rings. The van der Waals surface area contributed by atoms with Gasteiger partial charge in [-0.05, 0) is 34.6 Å². The minimum Gasteiger partial charge on any atom is -0.396 e. The van der Waals surface area contributed by atoms with E-state index in [4.69, 9.17) is 26.7 Å². The third kappa shape index (κ3) is 3.98. The van der Waals surface area contributed by atoms with Gasteiger partial charge in [-0.25, -0.2) is 9.59 Å². The molecule has 0 unspecified atom stereocenters. The van der Waals surface area contributed by atoms with Crippen LogP contribution in [0.25, 0.3) is 0 Å². The van der Waals surface area contributed by atoms with Crippen LogP contribution in [0, 0.1) is 13.8 Å². The van der Waals surface area contributed by atoms with Gasteiger partial charge >= 0.3 is 19.2 Å². The Morgan fingerprint density at radius 3 is 1.46 bits per heavy atom. The quantitative estimate of drug-likeness (QED) is 0.713. The van der Waals surface area contributed by atoms with Gasteiger partial charge in [-0.1, -0.05) is 0 Å². The third-order valence-corrected chi connectivity index (χ3v) is 5.81. The van der Waals surface area contributed by atoms with E-state index in [2.05, 4.69) is 0 Å². The fourth-order valence-electron chi connectivity index (χ4n) is 1.72. The molecule has 0 saturated carbocycles. The molecular formula is C14H19O9P. The second kappa shape index (κ2) is 6.58. The van der Waals surface area contributed by atoms with E-state index in [1.54, 1.807) is 20.8 Å². The Kier molecular flexibility index (Phi) is 5.08. The second-order valence-corrected chi connectivity index (χ2v) is 8.94. The molecule has 24 heavy (non-hydrogen) atoms. The first-order chi connectivity index (χ1) is 11.0. The Morgan fingerprint density at radius 2 is 1.21 bits per heavy atom. The summed E-state index contributed by atoms with van der Waals surface area (Å²) in [7, 11) is -3.66. The average Bonchev–Trinajstić information content (AvgIpc) is 2.94. The van der Waals surface area contributed by atoms with Crippen LogP contribution < -0.4 is 11.6 Å². The maximum atomic E-state index is 13.1. The molecule has 0 amide bonds. The lowest BCUT2D eigenvalue weighted by Gasteiger charge is -2.29. The zero-order chi connectivity index (χ0) is 18.1. The molecule has 0 saturated heterocycles. The molecule has 10 heteroatoms. The van der Waals surface area contributed by atoms with Crippen LogP contribution in [0.4, 0.5) is 0 Å². The van der Waals surface area contributed by atoms with E-state index < -0.39 is 24.4 Å². The molecular weight excluding hydrogens is 343 g/mol. The van der Waals surface area contributed by atoms with Crippen LogP contribution in [-0.2, 0) is 26.8 Å². The molecule has 2 rings (SSSR count). The number of hydrogen-bond acceptors (Lipinski definition) is 9. The van der Waals surface area contributed by atoms with Crippen LogP contribution in [0.2, 0.25) is 0 Å². The van der Waals surface area contributed by atoms with Gasteiger partial charge in [-0.2, -0.15) is 0 Å². The van der Waals surface area contributed by atoms with Gasteiger partial charge in [0.25, 0.3) is 0 Å². The van der Waals surface area contributed by atoms with E-state index >= 15 is 0 Å². The van der Waals surface area contributed by atoms with Crippen molar-refractivity contribution in [3.8, 4) is 0 Å². The molecule has 9 nitrogen and oxygen atoms in total. The van der Waals surface area contributed by atoms with E-state index in [0.717, 1.165) is 0 Å². The summed E-state index contributed by atoms with van der Waals surface area (Å²) in [5, 5.41) is -0.872. The van der Waals surface area contributed by atoms with Crippen LogP contribution in [0.15, 0.2) is 27.3 Å². The summed E-state index contributed by atoms with van der Waals surface area (Å²) >= 11 is 0. The number of rotatable bonds is 6. The van der Waals surface area contributed by atoms with Crippen molar-refractivity contribution in [1.29, 1.82) is 0 Å². The molecule has 0 atom stereocenters. The van der Waals surface area contributed by atoms with Gasteiger partial charge in [0.1, 0.15) is 24.7 Å². The minimum absolute atomic E-state index is 0.124. The van der Waals surface area contributed by atoms with E-state index in [0.29, 0.717) is 0 Å². The van der Waals surface area contributed by atoms with Gasteiger partial charge in [0.05, 0.1) is 5.16 Å². The second-order valence-electron chi connectivity index (χ2n) is 6.08. The zero-order valence-corrected chi connectivity index (χ0v) is 14.9. The van der Waals surface area contributed by atoms with Gasteiger partial charge < -0.3 is 17.7 Å². The van der Waals surface area contributed by atoms with Crippen molar-refractivity contribution < 1.29 is 31.3 Å². The Morgan fingerprint density at radius 1 is 0.833 bits per heavy atom. The molecule has 134 valence electrons. The lowest BCUT2D eigenvalue weighted by atomic mass is 10.3. The molecule has 0 aliphatic carbocycles. The molecule has 2 aromatic rings. The molecule has 0 spiro atoms. The fraction of sp³-hybridized carbons (Fsp3) is 0.571. The maximum absolute atomic E-state index is 13.1. The Balaban J connectivity index is 2.15. The standard InChI is InChI=1S/C14H19O9P/c1-8-10(22-12(15)20-8)6-18-24(17,14(3,4)5)19-7-11-9(2)21-13(16)23-11/h6-7H2,1-5H3. The molecule has 0 aliphatic rings. The summed E-state index contributed by atoms with van der Waals surface area (Å²) in [5.74, 6) is -1.02. The Bertz CT molecular complexity index is 796. The maximum Gasteiger partial charge on any atom is 0.519 e. The van der Waals surface area contributed by atoms with E-state index in [-0.39, 0.29) is 36.3 Å². The van der Waals surface area contributed by atoms with E-state index in [9.17, 15) is 14.2 Å². The third-order valence-electron chi connectivity index (χ3n) is 3.22. The van der Waals surface area contributed by atoms with Crippen molar-refractivity contribution in [3.05, 3.63) is 44.3 Å². The van der Waals surface area contributed by atoms with Gasteiger partial charge in [-0.15, -0.1) is 0 Å². The minimum atomic E-state index is -3.66. The van der Waals surface area contributed by atoms with Gasteiger partial charge in [0.2, 0.25) is 0 Å². The molecule has 0 aromatic carbocycles. The SMILES string of the molecule is Cc1oc(=O)oc1COP(=O)(OCc1oc(=O)oc1C)C(C)(C)C. The first-order valence-corrected chi connectivity index (χ1v) is 8.64. The van der Waals surface area contributed by atoms with E-state index in [1.165, 1.54) is 13.8 Å². The average molecular weight is 362 g/mol. The fourth-order valence-corrected chi connectivity index (χ4v) is 3.15. The Labute approximate surface area is 137 Å². The first-order valence-electron chi connectivity index (χ1n) is 7.10. The highest BCUT2D eigenvalue weighted by molar-refractivity contribution is 7.55. The lowest BCUT2D eigenvalue weighted by molar-refractivity contribution is 0.155. The predicted molar refractivity (Wildman–Crippen MR) is 80.9 cm³/mol. The van der Waals surface area contributed by atoms with E-state index in [1.807, 2.05) is 0 Å². The predicted octanol–water partition coefficient (Wildman–Crippen LogP) is 3.12. The van der Waals surface area contributed by atoms with Crippen molar-refractivity contribution in [2.45, 2.75) is 53.0 Å². The smallest absolute Gasteiger partial charge is 0.396 e. The summed E-state index contributed by atoms with van der Waals surface area (Å²) in [6, 6.07) is 0. The van der Waals surface area contributed by atoms with Crippen LogP contribution in [0.3, 0.4) is 0 Å². The molecule has 2 heterocycles. The van der Waals surface area contributed by atoms with Crippen LogP contribution in [0.5, 0.6) is 0 Å². The summed E-state index contributed by atoms with van der Waals surface area (Å²) < 4.78 is 43.0. The largest absolute Gasteiger partial charge is 0.519 e. The Hall–Kier alpha value is -1.83. The van der Waals surface area contributed by atoms with Gasteiger partial charge in [0, 0.05) is 0 Å². The number of aryl methyl sites for hydroxylation is 2. The van der Waals surface area contributed by atoms with Gasteiger partial charge in [0.15, 0.2) is 11.5 Å². The highest BCUT2D eigenvalue weighted by atomic mass is 31.2. The van der Waals surface area contributed by atoms with Crippen molar-refractivity contribution in [3.63, 3.8) is 0 Å². The molecule has 0 N–H and O–H groups in total. The van der Waals surface area contributed by atoms with Gasteiger partial charge in [-0.3, -0.25) is 13.6 Å². The molecule has 0 radical (unpaired) electrons. The monoisotopic (exact) mass is 362 g/mol. The highest BCUT2D eigenvalue weighted by Gasteiger charge is 2.41. The summed E-state index contributed by atoms with van der Waals surface area (Å²) in [5.41, 5.74) is 0. The summed E-state index contributed by atoms with van der Waals surface area (Å²) in [4.78, 5) is 22.1. The van der Waals surface area contributed by atoms with Crippen molar-refractivity contribution in [2.24, 2.45) is 0 Å². The lowest BCUT2D eigenvalue weighted by Crippen LogP contribution is -2.19. The zero-order valence-electron chi connectivity index (χ0n) is 14.0. The van der Waals surface area contributed by atoms with Crippen molar-refractivity contribution >= 4 is 7.60 Å². The van der Waals surface area contributed by atoms with Crippen molar-refractivity contribution in [1.82, 2.24) is 0 Å². The summed E-state index contributed by atoms with van der Waals surface area (Å²) in [6.07, 6.45) is 0. The summed E-state index contributed by atoms with van der Waals surface area (Å²) in [6.45, 7) is 7.53. The molecule has 2 aromatic heterocycles. The van der Waals surface area contributed by atoms with Crippen LogP contribution >= 0.6 is 7.60 Å². The van der Waals surface area contributed by atoms with Crippen LogP contribution in [0.1, 0.15) is 43.8 Å². The number of hydrogen-bond donors (Lipinski definition) is 0. The highest BCUT2D eigenvalue weighted by Crippen LogP contribution is 2.60.